The summed E-state index contributed by atoms with van der Waals surface area (Å²) in [5.74, 6) is -0.460. The average molecular weight is 294 g/mol. The molecular formula is C14H22N4O3. The topological polar surface area (TPSA) is 93.7 Å². The summed E-state index contributed by atoms with van der Waals surface area (Å²) >= 11 is 0. The molecule has 7 heteroatoms. The number of rotatable bonds is 7. The molecule has 0 saturated carbocycles. The second kappa shape index (κ2) is 8.80. The van der Waals surface area contributed by atoms with Gasteiger partial charge in [-0.05, 0) is 24.1 Å². The fourth-order valence-electron chi connectivity index (χ4n) is 1.66. The van der Waals surface area contributed by atoms with Crippen molar-refractivity contribution < 1.29 is 14.8 Å². The second-order valence-corrected chi connectivity index (χ2v) is 4.81. The third-order valence-electron chi connectivity index (χ3n) is 2.90. The highest BCUT2D eigenvalue weighted by Gasteiger charge is 2.02. The summed E-state index contributed by atoms with van der Waals surface area (Å²) < 4.78 is 0. The Morgan fingerprint density at radius 1 is 1.14 bits per heavy atom. The zero-order chi connectivity index (χ0) is 15.7. The number of amides is 3. The first kappa shape index (κ1) is 16.8. The number of hydrogen-bond donors (Lipinski definition) is 4. The molecule has 116 valence electrons. The Labute approximate surface area is 124 Å². The molecule has 0 heterocycles. The van der Waals surface area contributed by atoms with Crippen molar-refractivity contribution in [2.45, 2.75) is 19.4 Å². The third kappa shape index (κ3) is 6.62. The fraction of sp³-hybridized carbons (Fsp3) is 0.429. The molecule has 0 aliphatic carbocycles. The van der Waals surface area contributed by atoms with Gasteiger partial charge in [-0.15, -0.1) is 0 Å². The molecule has 0 radical (unpaired) electrons. The molecule has 1 aromatic carbocycles. The smallest absolute Gasteiger partial charge is 0.315 e. The molecule has 0 aliphatic heterocycles. The number of hydrogen-bond acceptors (Lipinski definition) is 4. The van der Waals surface area contributed by atoms with Gasteiger partial charge in [-0.25, -0.2) is 10.3 Å². The van der Waals surface area contributed by atoms with Crippen LogP contribution in [0.25, 0.3) is 0 Å². The van der Waals surface area contributed by atoms with Crippen LogP contribution in [0.2, 0.25) is 0 Å². The zero-order valence-corrected chi connectivity index (χ0v) is 12.3. The molecule has 1 aromatic rings. The summed E-state index contributed by atoms with van der Waals surface area (Å²) in [6, 6.07) is 7.61. The Morgan fingerprint density at radius 3 is 2.38 bits per heavy atom. The van der Waals surface area contributed by atoms with Gasteiger partial charge in [0.1, 0.15) is 0 Å². The number of carbonyl (C=O) groups is 2. The van der Waals surface area contributed by atoms with Gasteiger partial charge < -0.3 is 15.5 Å². The number of benzene rings is 1. The Balaban J connectivity index is 2.22. The van der Waals surface area contributed by atoms with E-state index in [1.165, 1.54) is 0 Å². The van der Waals surface area contributed by atoms with E-state index in [1.54, 1.807) is 5.48 Å². The van der Waals surface area contributed by atoms with Crippen LogP contribution in [0.1, 0.15) is 18.4 Å². The predicted octanol–water partition coefficient (Wildman–Crippen LogP) is 0.837. The number of nitrogens with zero attached hydrogens (tertiary/aromatic N) is 1. The molecule has 0 unspecified atom stereocenters. The van der Waals surface area contributed by atoms with Crippen molar-refractivity contribution in [3.8, 4) is 0 Å². The highest BCUT2D eigenvalue weighted by Crippen LogP contribution is 2.11. The minimum absolute atomic E-state index is 0.169. The summed E-state index contributed by atoms with van der Waals surface area (Å²) in [5.41, 5.74) is 3.65. The maximum atomic E-state index is 11.5. The molecule has 3 amide bonds. The molecule has 0 aliphatic rings. The molecule has 21 heavy (non-hydrogen) atoms. The van der Waals surface area contributed by atoms with Crippen molar-refractivity contribution in [3.05, 3.63) is 29.8 Å². The van der Waals surface area contributed by atoms with Crippen LogP contribution in [0.4, 0.5) is 10.5 Å². The van der Waals surface area contributed by atoms with Crippen LogP contribution in [-0.4, -0.2) is 37.8 Å². The molecule has 0 bridgehead atoms. The van der Waals surface area contributed by atoms with Gasteiger partial charge in [0.25, 0.3) is 0 Å². The molecule has 0 spiro atoms. The normalized spacial score (nSPS) is 9.86. The van der Waals surface area contributed by atoms with E-state index < -0.39 is 5.91 Å². The Morgan fingerprint density at radius 2 is 1.81 bits per heavy atom. The Bertz CT molecular complexity index is 460. The zero-order valence-electron chi connectivity index (χ0n) is 12.3. The number of carbonyl (C=O) groups excluding carboxylic acids is 2. The number of anilines is 1. The van der Waals surface area contributed by atoms with Crippen molar-refractivity contribution in [3.63, 3.8) is 0 Å². The largest absolute Gasteiger partial charge is 0.378 e. The minimum Gasteiger partial charge on any atom is -0.378 e. The van der Waals surface area contributed by atoms with Gasteiger partial charge >= 0.3 is 6.03 Å². The molecule has 0 fully saturated rings. The highest BCUT2D eigenvalue weighted by molar-refractivity contribution is 5.75. The lowest BCUT2D eigenvalue weighted by Gasteiger charge is -2.13. The van der Waals surface area contributed by atoms with Crippen LogP contribution in [-0.2, 0) is 11.3 Å². The van der Waals surface area contributed by atoms with E-state index in [9.17, 15) is 9.59 Å². The van der Waals surface area contributed by atoms with E-state index in [0.29, 0.717) is 19.5 Å². The molecule has 4 N–H and O–H groups in total. The number of hydroxylamine groups is 1. The first-order valence-electron chi connectivity index (χ1n) is 6.74. The molecule has 7 nitrogen and oxygen atoms in total. The van der Waals surface area contributed by atoms with E-state index in [0.717, 1.165) is 11.3 Å². The summed E-state index contributed by atoms with van der Waals surface area (Å²) in [4.78, 5) is 24.3. The molecule has 0 saturated heterocycles. The van der Waals surface area contributed by atoms with Gasteiger partial charge in [0.05, 0.1) is 0 Å². The van der Waals surface area contributed by atoms with E-state index in [1.807, 2.05) is 43.3 Å². The Hall–Kier alpha value is -2.28. The predicted molar refractivity (Wildman–Crippen MR) is 80.2 cm³/mol. The lowest BCUT2D eigenvalue weighted by molar-refractivity contribution is -0.129. The van der Waals surface area contributed by atoms with Crippen molar-refractivity contribution in [2.75, 3.05) is 25.5 Å². The lowest BCUT2D eigenvalue weighted by atomic mass is 10.2. The van der Waals surface area contributed by atoms with E-state index in [-0.39, 0.29) is 12.5 Å². The summed E-state index contributed by atoms with van der Waals surface area (Å²) in [6.45, 7) is 0.815. The molecular weight excluding hydrogens is 272 g/mol. The average Bonchev–Trinajstić information content (AvgIpc) is 2.49. The van der Waals surface area contributed by atoms with Crippen molar-refractivity contribution in [1.29, 1.82) is 0 Å². The molecule has 0 aromatic heterocycles. The van der Waals surface area contributed by atoms with E-state index in [2.05, 4.69) is 10.6 Å². The third-order valence-corrected chi connectivity index (χ3v) is 2.90. The Kier molecular flexibility index (Phi) is 7.03. The van der Waals surface area contributed by atoms with Crippen molar-refractivity contribution >= 4 is 17.6 Å². The molecule has 1 rings (SSSR count). The summed E-state index contributed by atoms with van der Waals surface area (Å²) in [6.07, 6.45) is 0.639. The second-order valence-electron chi connectivity index (χ2n) is 4.81. The van der Waals surface area contributed by atoms with Gasteiger partial charge in [-0.1, -0.05) is 12.1 Å². The van der Waals surface area contributed by atoms with E-state index in [4.69, 9.17) is 5.21 Å². The lowest BCUT2D eigenvalue weighted by Crippen LogP contribution is -2.36. The van der Waals surface area contributed by atoms with Crippen LogP contribution < -0.4 is 21.0 Å². The van der Waals surface area contributed by atoms with Crippen molar-refractivity contribution in [2.24, 2.45) is 0 Å². The first-order valence-corrected chi connectivity index (χ1v) is 6.74. The van der Waals surface area contributed by atoms with Gasteiger partial charge in [0, 0.05) is 39.3 Å². The van der Waals surface area contributed by atoms with E-state index >= 15 is 0 Å². The monoisotopic (exact) mass is 294 g/mol. The fourth-order valence-corrected chi connectivity index (χ4v) is 1.66. The van der Waals surface area contributed by atoms with Gasteiger partial charge in [0.2, 0.25) is 5.91 Å². The van der Waals surface area contributed by atoms with Gasteiger partial charge in [-0.3, -0.25) is 10.0 Å². The van der Waals surface area contributed by atoms with Gasteiger partial charge in [-0.2, -0.15) is 0 Å². The summed E-state index contributed by atoms with van der Waals surface area (Å²) in [7, 11) is 3.94. The minimum atomic E-state index is -0.460. The van der Waals surface area contributed by atoms with Gasteiger partial charge in [0.15, 0.2) is 0 Å². The van der Waals surface area contributed by atoms with Crippen molar-refractivity contribution in [1.82, 2.24) is 16.1 Å². The van der Waals surface area contributed by atoms with Crippen LogP contribution in [0, 0.1) is 0 Å². The highest BCUT2D eigenvalue weighted by atomic mass is 16.5. The van der Waals surface area contributed by atoms with Crippen LogP contribution in [0.15, 0.2) is 24.3 Å². The standard InChI is InChI=1S/C14H22N4O3/c1-18(2)12-7-5-11(6-8-12)10-16-14(20)15-9-3-4-13(19)17-21/h5-8,21H,3-4,9-10H2,1-2H3,(H,17,19)(H2,15,16,20). The quantitative estimate of drug-likeness (QED) is 0.340. The van der Waals surface area contributed by atoms with Crippen LogP contribution in [0.3, 0.4) is 0 Å². The molecule has 0 atom stereocenters. The summed E-state index contributed by atoms with van der Waals surface area (Å²) in [5, 5.41) is 13.7. The number of urea groups is 1. The van der Waals surface area contributed by atoms with Crippen LogP contribution >= 0.6 is 0 Å². The maximum absolute atomic E-state index is 11.5. The SMILES string of the molecule is CN(C)c1ccc(CNC(=O)NCCCC(=O)NO)cc1. The maximum Gasteiger partial charge on any atom is 0.315 e. The first-order chi connectivity index (χ1) is 10.0. The van der Waals surface area contributed by atoms with Crippen LogP contribution in [0.5, 0.6) is 0 Å². The number of nitrogens with one attached hydrogen (secondary N) is 3.